The van der Waals surface area contributed by atoms with Crippen LogP contribution in [0.1, 0.15) is 67.2 Å². The molecule has 1 fully saturated rings. The number of Topliss-reactive ketones (excluding diaryl/α,β-unsaturated/α-hetero) is 1. The van der Waals surface area contributed by atoms with Crippen molar-refractivity contribution in [3.8, 4) is 11.5 Å². The van der Waals surface area contributed by atoms with E-state index in [0.717, 1.165) is 30.4 Å². The van der Waals surface area contributed by atoms with Crippen molar-refractivity contribution in [3.63, 3.8) is 0 Å². The fraction of sp³-hybridized carbons (Fsp3) is 0.343. The predicted octanol–water partition coefficient (Wildman–Crippen LogP) is 6.58. The molecule has 43 heavy (non-hydrogen) atoms. The zero-order valence-corrected chi connectivity index (χ0v) is 25.3. The fourth-order valence-electron chi connectivity index (χ4n) is 5.64. The normalized spacial score (nSPS) is 16.3. The molecule has 0 aliphatic carbocycles. The average Bonchev–Trinajstić information content (AvgIpc) is 3.49. The number of ether oxygens (including phenoxy) is 2. The number of aliphatic hydroxyl groups is 1. The molecule has 1 atom stereocenters. The third kappa shape index (κ3) is 6.00. The van der Waals surface area contributed by atoms with E-state index in [9.17, 15) is 14.7 Å². The van der Waals surface area contributed by atoms with Crippen LogP contribution in [-0.4, -0.2) is 50.8 Å². The fourth-order valence-corrected chi connectivity index (χ4v) is 5.64. The highest BCUT2D eigenvalue weighted by molar-refractivity contribution is 6.46. The molecule has 1 amide bonds. The lowest BCUT2D eigenvalue weighted by Gasteiger charge is -2.26. The molecule has 4 aromatic rings. The molecular formula is C35H39N3O5. The van der Waals surface area contributed by atoms with Crippen molar-refractivity contribution < 1.29 is 24.2 Å². The molecule has 8 nitrogen and oxygen atoms in total. The summed E-state index contributed by atoms with van der Waals surface area (Å²) in [5, 5.41) is 11.8. The first-order valence-electron chi connectivity index (χ1n) is 15.0. The smallest absolute Gasteiger partial charge is 0.295 e. The summed E-state index contributed by atoms with van der Waals surface area (Å²) in [5.41, 5.74) is 4.27. The Kier molecular flexibility index (Phi) is 9.14. The van der Waals surface area contributed by atoms with Gasteiger partial charge in [-0.25, -0.2) is 4.98 Å². The maximum atomic E-state index is 13.7. The van der Waals surface area contributed by atoms with Crippen LogP contribution in [0.25, 0.3) is 11.4 Å². The topological polar surface area (TPSA) is 93.4 Å². The van der Waals surface area contributed by atoms with Crippen LogP contribution < -0.4 is 9.47 Å². The molecule has 1 aliphatic rings. The molecule has 0 radical (unpaired) electrons. The van der Waals surface area contributed by atoms with Crippen LogP contribution in [0.2, 0.25) is 0 Å². The Morgan fingerprint density at radius 3 is 2.47 bits per heavy atom. The molecule has 224 valence electrons. The van der Waals surface area contributed by atoms with Gasteiger partial charge in [-0.3, -0.25) is 9.59 Å². The zero-order valence-electron chi connectivity index (χ0n) is 25.3. The van der Waals surface area contributed by atoms with Crippen LogP contribution in [0.15, 0.2) is 72.4 Å². The van der Waals surface area contributed by atoms with Gasteiger partial charge in [0, 0.05) is 12.7 Å². The van der Waals surface area contributed by atoms with Crippen molar-refractivity contribution in [1.29, 1.82) is 0 Å². The van der Waals surface area contributed by atoms with E-state index in [-0.39, 0.29) is 17.0 Å². The van der Waals surface area contributed by atoms with E-state index in [2.05, 4.69) is 6.92 Å². The summed E-state index contributed by atoms with van der Waals surface area (Å²) in [6.45, 7) is 9.09. The molecule has 2 aromatic carbocycles. The standard InChI is InChI=1S/C35H39N3O5/c1-5-7-11-21-43-27-17-16-26(22-28(27)42-6-2)31-29(32(39)30-24(4)37-19-12-13-23(3)34(37)36-30)33(40)35(41)38(31)20-18-25-14-9-8-10-15-25/h8-10,12-17,19,22,31,39H,5-7,11,18,20-21H2,1-4H3/b32-29+. The second kappa shape index (κ2) is 13.2. The van der Waals surface area contributed by atoms with Crippen LogP contribution in [0, 0.1) is 13.8 Å². The minimum absolute atomic E-state index is 0.0151. The van der Waals surface area contributed by atoms with Gasteiger partial charge in [0.1, 0.15) is 11.3 Å². The number of rotatable bonds is 12. The number of carbonyl (C=O) groups excluding carboxylic acids is 2. The summed E-state index contributed by atoms with van der Waals surface area (Å²) in [6, 6.07) is 18.3. The number of pyridine rings is 1. The van der Waals surface area contributed by atoms with E-state index < -0.39 is 17.7 Å². The molecule has 5 rings (SSSR count). The van der Waals surface area contributed by atoms with E-state index in [1.807, 2.05) is 92.0 Å². The number of fused-ring (bicyclic) bond motifs is 1. The average molecular weight is 582 g/mol. The highest BCUT2D eigenvalue weighted by atomic mass is 16.5. The van der Waals surface area contributed by atoms with Gasteiger partial charge >= 0.3 is 0 Å². The number of amides is 1. The van der Waals surface area contributed by atoms with Crippen molar-refractivity contribution >= 4 is 23.1 Å². The number of aryl methyl sites for hydroxylation is 2. The van der Waals surface area contributed by atoms with E-state index in [1.165, 1.54) is 0 Å². The Morgan fingerprint density at radius 2 is 1.74 bits per heavy atom. The maximum Gasteiger partial charge on any atom is 0.295 e. The summed E-state index contributed by atoms with van der Waals surface area (Å²) in [5.74, 6) is -0.539. The lowest BCUT2D eigenvalue weighted by Crippen LogP contribution is -2.31. The Hall–Kier alpha value is -4.59. The number of aromatic nitrogens is 2. The molecule has 3 heterocycles. The molecule has 2 aromatic heterocycles. The minimum Gasteiger partial charge on any atom is -0.505 e. The first kappa shape index (κ1) is 29.9. The number of hydrogen-bond donors (Lipinski definition) is 1. The van der Waals surface area contributed by atoms with Gasteiger partial charge < -0.3 is 23.9 Å². The molecular weight excluding hydrogens is 542 g/mol. The van der Waals surface area contributed by atoms with E-state index >= 15 is 0 Å². The highest BCUT2D eigenvalue weighted by Gasteiger charge is 2.46. The second-order valence-electron chi connectivity index (χ2n) is 10.9. The number of nitrogens with zero attached hydrogens (tertiary/aromatic N) is 3. The summed E-state index contributed by atoms with van der Waals surface area (Å²) >= 11 is 0. The quantitative estimate of drug-likeness (QED) is 0.0879. The Morgan fingerprint density at radius 1 is 0.953 bits per heavy atom. The van der Waals surface area contributed by atoms with Crippen LogP contribution in [0.4, 0.5) is 0 Å². The van der Waals surface area contributed by atoms with Gasteiger partial charge in [-0.1, -0.05) is 62.2 Å². The van der Waals surface area contributed by atoms with Crippen molar-refractivity contribution in [2.75, 3.05) is 19.8 Å². The number of hydrogen-bond acceptors (Lipinski definition) is 6. The zero-order chi connectivity index (χ0) is 30.5. The summed E-state index contributed by atoms with van der Waals surface area (Å²) in [6.07, 6.45) is 5.51. The van der Waals surface area contributed by atoms with E-state index in [0.29, 0.717) is 54.6 Å². The van der Waals surface area contributed by atoms with E-state index in [1.54, 1.807) is 4.90 Å². The predicted molar refractivity (Wildman–Crippen MR) is 166 cm³/mol. The molecule has 1 N–H and O–H groups in total. The number of ketones is 1. The van der Waals surface area contributed by atoms with Crippen LogP contribution >= 0.6 is 0 Å². The van der Waals surface area contributed by atoms with Gasteiger partial charge in [-0.05, 0) is 68.5 Å². The van der Waals surface area contributed by atoms with Gasteiger partial charge in [0.25, 0.3) is 11.7 Å². The third-order valence-corrected chi connectivity index (χ3v) is 7.92. The molecule has 0 bridgehead atoms. The van der Waals surface area contributed by atoms with Crippen LogP contribution in [-0.2, 0) is 16.0 Å². The van der Waals surface area contributed by atoms with Gasteiger partial charge in [0.05, 0.1) is 30.5 Å². The lowest BCUT2D eigenvalue weighted by molar-refractivity contribution is -0.139. The van der Waals surface area contributed by atoms with Gasteiger partial charge in [0.2, 0.25) is 0 Å². The van der Waals surface area contributed by atoms with Crippen LogP contribution in [0.3, 0.4) is 0 Å². The van der Waals surface area contributed by atoms with Gasteiger partial charge in [-0.15, -0.1) is 0 Å². The molecule has 1 unspecified atom stereocenters. The number of likely N-dealkylation sites (tertiary alicyclic amines) is 1. The first-order chi connectivity index (χ1) is 20.8. The van der Waals surface area contributed by atoms with Crippen molar-refractivity contribution in [2.24, 2.45) is 0 Å². The van der Waals surface area contributed by atoms with Crippen molar-refractivity contribution in [1.82, 2.24) is 14.3 Å². The SMILES string of the molecule is CCCCCOc1ccc(C2/C(=C(\O)c3nc4c(C)cccn4c3C)C(=O)C(=O)N2CCc2ccccc2)cc1OCC. The number of carbonyl (C=O) groups is 2. The number of imidazole rings is 1. The first-order valence-corrected chi connectivity index (χ1v) is 15.0. The molecule has 8 heteroatoms. The number of aliphatic hydroxyl groups excluding tert-OH is 1. The van der Waals surface area contributed by atoms with Crippen molar-refractivity contribution in [2.45, 2.75) is 59.4 Å². The van der Waals surface area contributed by atoms with Crippen LogP contribution in [0.5, 0.6) is 11.5 Å². The van der Waals surface area contributed by atoms with Gasteiger partial charge in [0.15, 0.2) is 17.3 Å². The number of benzene rings is 2. The minimum atomic E-state index is -0.831. The number of unbranched alkanes of at least 4 members (excludes halogenated alkanes) is 2. The third-order valence-electron chi connectivity index (χ3n) is 7.92. The molecule has 0 saturated carbocycles. The summed E-state index contributed by atoms with van der Waals surface area (Å²) in [7, 11) is 0. The maximum absolute atomic E-state index is 13.7. The van der Waals surface area contributed by atoms with Gasteiger partial charge in [-0.2, -0.15) is 0 Å². The van der Waals surface area contributed by atoms with Crippen molar-refractivity contribution in [3.05, 3.63) is 101 Å². The summed E-state index contributed by atoms with van der Waals surface area (Å²) in [4.78, 5) is 33.5. The summed E-state index contributed by atoms with van der Waals surface area (Å²) < 4.78 is 13.9. The Balaban J connectivity index is 1.61. The lowest BCUT2D eigenvalue weighted by atomic mass is 9.95. The second-order valence-corrected chi connectivity index (χ2v) is 10.9. The largest absolute Gasteiger partial charge is 0.505 e. The molecule has 1 saturated heterocycles. The van der Waals surface area contributed by atoms with E-state index in [4.69, 9.17) is 14.5 Å². The monoisotopic (exact) mass is 581 g/mol. The Bertz CT molecular complexity index is 1660. The highest BCUT2D eigenvalue weighted by Crippen LogP contribution is 2.42. The Labute approximate surface area is 252 Å². The molecule has 0 spiro atoms. The molecule has 1 aliphatic heterocycles.